The number of para-hydroxylation sites is 1. The van der Waals surface area contributed by atoms with Gasteiger partial charge in [-0.15, -0.1) is 0 Å². The third-order valence-electron chi connectivity index (χ3n) is 3.46. The quantitative estimate of drug-likeness (QED) is 0.654. The number of carbonyl (C=O) groups excluding carboxylic acids is 3. The molecule has 0 heterocycles. The van der Waals surface area contributed by atoms with E-state index in [4.69, 9.17) is 4.74 Å². The maximum atomic E-state index is 12.5. The van der Waals surface area contributed by atoms with E-state index in [1.165, 1.54) is 7.11 Å². The first-order valence-electron chi connectivity index (χ1n) is 8.27. The molecule has 1 aromatic rings. The summed E-state index contributed by atoms with van der Waals surface area (Å²) < 4.78 is 5.17. The molecule has 0 radical (unpaired) electrons. The fourth-order valence-electron chi connectivity index (χ4n) is 2.24. The number of amides is 3. The average molecular weight is 349 g/mol. The van der Waals surface area contributed by atoms with Gasteiger partial charge in [0, 0.05) is 6.04 Å². The molecule has 138 valence electrons. The summed E-state index contributed by atoms with van der Waals surface area (Å²) in [6.45, 7) is 7.18. The molecular formula is C18H27N3O4. The van der Waals surface area contributed by atoms with Crippen molar-refractivity contribution >= 4 is 17.7 Å². The van der Waals surface area contributed by atoms with Crippen LogP contribution in [0.3, 0.4) is 0 Å². The minimum Gasteiger partial charge on any atom is -0.496 e. The summed E-state index contributed by atoms with van der Waals surface area (Å²) in [7, 11) is 1.48. The van der Waals surface area contributed by atoms with Gasteiger partial charge in [-0.1, -0.05) is 26.0 Å². The number of carbonyl (C=O) groups is 3. The van der Waals surface area contributed by atoms with E-state index in [0.717, 1.165) is 0 Å². The number of nitrogens with one attached hydrogen (secondary N) is 3. The normalized spacial score (nSPS) is 11.8. The van der Waals surface area contributed by atoms with Crippen LogP contribution in [0.25, 0.3) is 0 Å². The van der Waals surface area contributed by atoms with Crippen LogP contribution < -0.4 is 20.7 Å². The van der Waals surface area contributed by atoms with Gasteiger partial charge >= 0.3 is 0 Å². The van der Waals surface area contributed by atoms with Crippen LogP contribution >= 0.6 is 0 Å². The Bertz CT molecular complexity index is 614. The molecule has 0 saturated carbocycles. The minimum atomic E-state index is -0.760. The molecule has 1 atom stereocenters. The number of rotatable bonds is 8. The molecule has 3 N–H and O–H groups in total. The van der Waals surface area contributed by atoms with Crippen LogP contribution in [0.15, 0.2) is 24.3 Å². The Morgan fingerprint density at radius 1 is 1.04 bits per heavy atom. The van der Waals surface area contributed by atoms with E-state index < -0.39 is 17.9 Å². The van der Waals surface area contributed by atoms with Crippen molar-refractivity contribution < 1.29 is 19.1 Å². The fraction of sp³-hybridized carbons (Fsp3) is 0.500. The summed E-state index contributed by atoms with van der Waals surface area (Å²) in [6, 6.07) is 6.02. The molecule has 1 aromatic carbocycles. The highest BCUT2D eigenvalue weighted by Crippen LogP contribution is 2.17. The Hall–Kier alpha value is -2.57. The Morgan fingerprint density at radius 3 is 2.24 bits per heavy atom. The van der Waals surface area contributed by atoms with Gasteiger partial charge in [-0.2, -0.15) is 0 Å². The lowest BCUT2D eigenvalue weighted by atomic mass is 10.0. The van der Waals surface area contributed by atoms with Gasteiger partial charge in [0.25, 0.3) is 5.91 Å². The lowest BCUT2D eigenvalue weighted by molar-refractivity contribution is -0.128. The molecule has 0 aliphatic rings. The van der Waals surface area contributed by atoms with E-state index in [9.17, 15) is 14.4 Å². The molecule has 0 spiro atoms. The molecule has 1 rings (SSSR count). The van der Waals surface area contributed by atoms with Crippen LogP contribution in [0, 0.1) is 5.92 Å². The summed E-state index contributed by atoms with van der Waals surface area (Å²) >= 11 is 0. The SMILES string of the molecule is COc1ccccc1C(=O)N[C@H](C(=O)NCC(=O)NC(C)C)C(C)C. The lowest BCUT2D eigenvalue weighted by Gasteiger charge is -2.22. The van der Waals surface area contributed by atoms with Crippen LogP contribution in [-0.2, 0) is 9.59 Å². The van der Waals surface area contributed by atoms with Crippen molar-refractivity contribution in [1.29, 1.82) is 0 Å². The van der Waals surface area contributed by atoms with Gasteiger partial charge in [-0.05, 0) is 31.9 Å². The predicted octanol–water partition coefficient (Wildman–Crippen LogP) is 1.09. The summed E-state index contributed by atoms with van der Waals surface area (Å²) in [5, 5.41) is 7.96. The van der Waals surface area contributed by atoms with Crippen LogP contribution in [0.5, 0.6) is 5.75 Å². The lowest BCUT2D eigenvalue weighted by Crippen LogP contribution is -2.51. The zero-order valence-corrected chi connectivity index (χ0v) is 15.4. The zero-order valence-electron chi connectivity index (χ0n) is 15.4. The second-order valence-electron chi connectivity index (χ2n) is 6.34. The van der Waals surface area contributed by atoms with E-state index in [0.29, 0.717) is 11.3 Å². The van der Waals surface area contributed by atoms with E-state index in [1.54, 1.807) is 24.3 Å². The van der Waals surface area contributed by atoms with Gasteiger partial charge in [-0.25, -0.2) is 0 Å². The molecule has 7 nitrogen and oxygen atoms in total. The van der Waals surface area contributed by atoms with E-state index in [2.05, 4.69) is 16.0 Å². The van der Waals surface area contributed by atoms with Gasteiger partial charge in [0.1, 0.15) is 11.8 Å². The first-order chi connectivity index (χ1) is 11.8. The van der Waals surface area contributed by atoms with E-state index in [-0.39, 0.29) is 24.4 Å². The summed E-state index contributed by atoms with van der Waals surface area (Å²) in [6.07, 6.45) is 0. The van der Waals surface area contributed by atoms with Crippen LogP contribution in [0.4, 0.5) is 0 Å². The summed E-state index contributed by atoms with van der Waals surface area (Å²) in [4.78, 5) is 36.5. The van der Waals surface area contributed by atoms with Crippen LogP contribution in [-0.4, -0.2) is 43.5 Å². The molecular weight excluding hydrogens is 322 g/mol. The van der Waals surface area contributed by atoms with Crippen molar-refractivity contribution in [2.24, 2.45) is 5.92 Å². The summed E-state index contributed by atoms with van der Waals surface area (Å²) in [5.74, 6) is -0.803. The molecule has 0 fully saturated rings. The van der Waals surface area contributed by atoms with Gasteiger partial charge in [-0.3, -0.25) is 14.4 Å². The monoisotopic (exact) mass is 349 g/mol. The second kappa shape index (κ2) is 9.66. The van der Waals surface area contributed by atoms with Gasteiger partial charge in [0.05, 0.1) is 19.2 Å². The van der Waals surface area contributed by atoms with Crippen molar-refractivity contribution in [2.45, 2.75) is 39.8 Å². The van der Waals surface area contributed by atoms with Crippen molar-refractivity contribution in [3.8, 4) is 5.75 Å². The first-order valence-corrected chi connectivity index (χ1v) is 8.27. The Balaban J connectivity index is 2.74. The maximum absolute atomic E-state index is 12.5. The Kier molecular flexibility index (Phi) is 7.91. The molecule has 0 saturated heterocycles. The molecule has 7 heteroatoms. The van der Waals surface area contributed by atoms with Crippen LogP contribution in [0.1, 0.15) is 38.1 Å². The predicted molar refractivity (Wildman–Crippen MR) is 95.4 cm³/mol. The highest BCUT2D eigenvalue weighted by Gasteiger charge is 2.26. The molecule has 0 aliphatic carbocycles. The molecule has 0 bridgehead atoms. The number of methoxy groups -OCH3 is 1. The molecule has 0 unspecified atom stereocenters. The number of ether oxygens (including phenoxy) is 1. The Morgan fingerprint density at radius 2 is 1.68 bits per heavy atom. The van der Waals surface area contributed by atoms with E-state index >= 15 is 0 Å². The number of hydrogen-bond acceptors (Lipinski definition) is 4. The van der Waals surface area contributed by atoms with Crippen molar-refractivity contribution in [1.82, 2.24) is 16.0 Å². The van der Waals surface area contributed by atoms with Gasteiger partial charge < -0.3 is 20.7 Å². The molecule has 0 aliphatic heterocycles. The largest absolute Gasteiger partial charge is 0.496 e. The highest BCUT2D eigenvalue weighted by molar-refractivity contribution is 6.00. The molecule has 0 aromatic heterocycles. The topological polar surface area (TPSA) is 96.5 Å². The minimum absolute atomic E-state index is 0.00412. The van der Waals surface area contributed by atoms with E-state index in [1.807, 2.05) is 27.7 Å². The van der Waals surface area contributed by atoms with Crippen LogP contribution in [0.2, 0.25) is 0 Å². The van der Waals surface area contributed by atoms with Crippen molar-refractivity contribution in [3.63, 3.8) is 0 Å². The highest BCUT2D eigenvalue weighted by atomic mass is 16.5. The van der Waals surface area contributed by atoms with Crippen molar-refractivity contribution in [3.05, 3.63) is 29.8 Å². The Labute approximate surface area is 148 Å². The number of benzene rings is 1. The average Bonchev–Trinajstić information content (AvgIpc) is 2.56. The molecule has 25 heavy (non-hydrogen) atoms. The molecule has 3 amide bonds. The van der Waals surface area contributed by atoms with Gasteiger partial charge in [0.15, 0.2) is 0 Å². The smallest absolute Gasteiger partial charge is 0.255 e. The second-order valence-corrected chi connectivity index (χ2v) is 6.34. The third-order valence-corrected chi connectivity index (χ3v) is 3.46. The van der Waals surface area contributed by atoms with Crippen molar-refractivity contribution in [2.75, 3.05) is 13.7 Å². The summed E-state index contributed by atoms with van der Waals surface area (Å²) in [5.41, 5.74) is 0.348. The third kappa shape index (κ3) is 6.45. The zero-order chi connectivity index (χ0) is 19.0. The maximum Gasteiger partial charge on any atom is 0.255 e. The van der Waals surface area contributed by atoms with Gasteiger partial charge in [0.2, 0.25) is 11.8 Å². The first kappa shape index (κ1) is 20.5. The number of hydrogen-bond donors (Lipinski definition) is 3. The fourth-order valence-corrected chi connectivity index (χ4v) is 2.24. The standard InChI is InChI=1S/C18H27N3O4/c1-11(2)16(18(24)19-10-15(22)20-12(3)4)21-17(23)13-8-6-7-9-14(13)25-5/h6-9,11-12,16H,10H2,1-5H3,(H,19,24)(H,20,22)(H,21,23)/t16-/m0/s1.